The van der Waals surface area contributed by atoms with Crippen molar-refractivity contribution in [3.63, 3.8) is 0 Å². The first kappa shape index (κ1) is 21.5. The van der Waals surface area contributed by atoms with E-state index in [1.54, 1.807) is 25.3 Å². The zero-order valence-electron chi connectivity index (χ0n) is 17.4. The van der Waals surface area contributed by atoms with Gasteiger partial charge < -0.3 is 24.3 Å². The van der Waals surface area contributed by atoms with Crippen molar-refractivity contribution in [1.29, 1.82) is 0 Å². The molecule has 1 aromatic heterocycles. The molecule has 6 heteroatoms. The highest BCUT2D eigenvalue weighted by Crippen LogP contribution is 2.21. The van der Waals surface area contributed by atoms with Gasteiger partial charge in [-0.1, -0.05) is 44.2 Å². The molecule has 2 N–H and O–H groups in total. The van der Waals surface area contributed by atoms with Crippen molar-refractivity contribution in [2.75, 3.05) is 13.7 Å². The van der Waals surface area contributed by atoms with E-state index in [4.69, 9.17) is 13.9 Å². The summed E-state index contributed by atoms with van der Waals surface area (Å²) in [6.07, 6.45) is -0.791. The molecule has 0 aliphatic carbocycles. The first-order chi connectivity index (χ1) is 14.5. The number of carbonyl (C=O) groups is 1. The largest absolute Gasteiger partial charge is 0.497 e. The number of furan rings is 1. The molecule has 0 saturated heterocycles. The molecule has 0 bridgehead atoms. The van der Waals surface area contributed by atoms with Crippen molar-refractivity contribution in [3.8, 4) is 11.5 Å². The van der Waals surface area contributed by atoms with Crippen molar-refractivity contribution >= 4 is 5.91 Å². The number of hydrogen-bond donors (Lipinski definition) is 2. The van der Waals surface area contributed by atoms with Gasteiger partial charge in [0.15, 0.2) is 5.76 Å². The van der Waals surface area contributed by atoms with Crippen LogP contribution in [0.1, 0.15) is 53.3 Å². The smallest absolute Gasteiger partial charge is 0.287 e. The number of amides is 1. The van der Waals surface area contributed by atoms with E-state index in [1.807, 2.05) is 42.5 Å². The molecular weight excluding hydrogens is 382 g/mol. The molecular formula is C24H27NO5. The van der Waals surface area contributed by atoms with Crippen molar-refractivity contribution in [3.05, 3.63) is 83.3 Å². The standard InChI is InChI=1S/C24H27NO5/c1-16(2)17-7-9-18(10-8-17)22(26)14-25-24(27)23-12-11-21(30-23)15-29-20-6-4-5-19(13-20)28-3/h4-13,16,22,26H,14-15H2,1-3H3,(H,25,27). The third kappa shape index (κ3) is 5.64. The molecule has 0 aliphatic heterocycles. The second kappa shape index (κ2) is 9.98. The van der Waals surface area contributed by atoms with E-state index in [0.717, 1.165) is 5.56 Å². The Labute approximate surface area is 176 Å². The molecule has 0 aliphatic rings. The summed E-state index contributed by atoms with van der Waals surface area (Å²) >= 11 is 0. The molecule has 158 valence electrons. The number of nitrogens with one attached hydrogen (secondary N) is 1. The van der Waals surface area contributed by atoms with Gasteiger partial charge in [-0.25, -0.2) is 0 Å². The van der Waals surface area contributed by atoms with Crippen LogP contribution in [0, 0.1) is 0 Å². The van der Waals surface area contributed by atoms with Crippen LogP contribution in [0.3, 0.4) is 0 Å². The molecule has 0 spiro atoms. The average molecular weight is 409 g/mol. The molecule has 0 fully saturated rings. The summed E-state index contributed by atoms with van der Waals surface area (Å²) in [6.45, 7) is 4.51. The first-order valence-electron chi connectivity index (χ1n) is 9.88. The number of carbonyl (C=O) groups excluding carboxylic acids is 1. The summed E-state index contributed by atoms with van der Waals surface area (Å²) in [7, 11) is 1.59. The molecule has 2 aromatic carbocycles. The zero-order chi connectivity index (χ0) is 21.5. The fourth-order valence-electron chi connectivity index (χ4n) is 2.92. The van der Waals surface area contributed by atoms with Crippen LogP contribution in [0.5, 0.6) is 11.5 Å². The Morgan fingerprint density at radius 2 is 1.73 bits per heavy atom. The van der Waals surface area contributed by atoms with Gasteiger partial charge in [-0.3, -0.25) is 4.79 Å². The van der Waals surface area contributed by atoms with E-state index < -0.39 is 6.10 Å². The molecule has 3 aromatic rings. The third-order valence-corrected chi connectivity index (χ3v) is 4.75. The molecule has 3 rings (SSSR count). The van der Waals surface area contributed by atoms with Gasteiger partial charge in [0.05, 0.1) is 13.2 Å². The monoisotopic (exact) mass is 409 g/mol. The van der Waals surface area contributed by atoms with Gasteiger partial charge >= 0.3 is 0 Å². The highest BCUT2D eigenvalue weighted by Gasteiger charge is 2.15. The Morgan fingerprint density at radius 3 is 2.43 bits per heavy atom. The number of hydrogen-bond acceptors (Lipinski definition) is 5. The highest BCUT2D eigenvalue weighted by atomic mass is 16.5. The molecule has 0 radical (unpaired) electrons. The normalized spacial score (nSPS) is 11.9. The maximum Gasteiger partial charge on any atom is 0.287 e. The minimum Gasteiger partial charge on any atom is -0.497 e. The number of aliphatic hydroxyl groups is 1. The highest BCUT2D eigenvalue weighted by molar-refractivity contribution is 5.91. The average Bonchev–Trinajstić information content (AvgIpc) is 3.25. The lowest BCUT2D eigenvalue weighted by molar-refractivity contribution is 0.0885. The van der Waals surface area contributed by atoms with Crippen LogP contribution < -0.4 is 14.8 Å². The zero-order valence-corrected chi connectivity index (χ0v) is 17.4. The summed E-state index contributed by atoms with van der Waals surface area (Å²) in [6, 6.07) is 18.3. The summed E-state index contributed by atoms with van der Waals surface area (Å²) < 4.78 is 16.4. The second-order valence-electron chi connectivity index (χ2n) is 7.28. The van der Waals surface area contributed by atoms with Crippen LogP contribution in [0.25, 0.3) is 0 Å². The topological polar surface area (TPSA) is 80.9 Å². The summed E-state index contributed by atoms with van der Waals surface area (Å²) in [5, 5.41) is 13.0. The Balaban J connectivity index is 1.50. The number of rotatable bonds is 9. The van der Waals surface area contributed by atoms with Crippen LogP contribution in [0.4, 0.5) is 0 Å². The first-order valence-corrected chi connectivity index (χ1v) is 9.88. The summed E-state index contributed by atoms with van der Waals surface area (Å²) in [4.78, 5) is 12.3. The van der Waals surface area contributed by atoms with Crippen molar-refractivity contribution in [2.45, 2.75) is 32.5 Å². The van der Waals surface area contributed by atoms with Gasteiger partial charge in [-0.15, -0.1) is 0 Å². The van der Waals surface area contributed by atoms with Crippen LogP contribution >= 0.6 is 0 Å². The molecule has 1 heterocycles. The van der Waals surface area contributed by atoms with Crippen molar-refractivity contribution in [2.24, 2.45) is 0 Å². The molecule has 6 nitrogen and oxygen atoms in total. The minimum absolute atomic E-state index is 0.0935. The van der Waals surface area contributed by atoms with Crippen LogP contribution in [-0.2, 0) is 6.61 Å². The number of methoxy groups -OCH3 is 1. The van der Waals surface area contributed by atoms with Gasteiger partial charge in [-0.05, 0) is 41.3 Å². The van der Waals surface area contributed by atoms with Gasteiger partial charge in [0, 0.05) is 12.6 Å². The van der Waals surface area contributed by atoms with Crippen molar-refractivity contribution < 1.29 is 23.8 Å². The Bertz CT molecular complexity index is 962. The maximum absolute atomic E-state index is 12.3. The van der Waals surface area contributed by atoms with Crippen LogP contribution in [-0.4, -0.2) is 24.7 Å². The Hall–Kier alpha value is -3.25. The fraction of sp³-hybridized carbons (Fsp3) is 0.292. The second-order valence-corrected chi connectivity index (χ2v) is 7.28. The van der Waals surface area contributed by atoms with Gasteiger partial charge in [0.1, 0.15) is 23.9 Å². The number of benzene rings is 2. The molecule has 1 unspecified atom stereocenters. The number of aliphatic hydroxyl groups excluding tert-OH is 1. The van der Waals surface area contributed by atoms with E-state index in [2.05, 4.69) is 19.2 Å². The molecule has 30 heavy (non-hydrogen) atoms. The fourth-order valence-corrected chi connectivity index (χ4v) is 2.92. The van der Waals surface area contributed by atoms with Crippen molar-refractivity contribution in [1.82, 2.24) is 5.32 Å². The van der Waals surface area contributed by atoms with E-state index >= 15 is 0 Å². The summed E-state index contributed by atoms with van der Waals surface area (Å²) in [5.74, 6) is 2.07. The number of ether oxygens (including phenoxy) is 2. The quantitative estimate of drug-likeness (QED) is 0.546. The van der Waals surface area contributed by atoms with E-state index in [9.17, 15) is 9.90 Å². The van der Waals surface area contributed by atoms with Gasteiger partial charge in [0.2, 0.25) is 0 Å². The third-order valence-electron chi connectivity index (χ3n) is 4.75. The Kier molecular flexibility index (Phi) is 7.14. The summed E-state index contributed by atoms with van der Waals surface area (Å²) in [5.41, 5.74) is 1.96. The lowest BCUT2D eigenvalue weighted by Gasteiger charge is -2.13. The Morgan fingerprint density at radius 1 is 1.03 bits per heavy atom. The van der Waals surface area contributed by atoms with Crippen LogP contribution in [0.15, 0.2) is 65.1 Å². The van der Waals surface area contributed by atoms with E-state index in [1.165, 1.54) is 5.56 Å². The van der Waals surface area contributed by atoms with Crippen LogP contribution in [0.2, 0.25) is 0 Å². The molecule has 1 atom stereocenters. The molecule has 1 amide bonds. The SMILES string of the molecule is COc1cccc(OCc2ccc(C(=O)NCC(O)c3ccc(C(C)C)cc3)o2)c1. The van der Waals surface area contributed by atoms with E-state index in [-0.39, 0.29) is 24.8 Å². The predicted molar refractivity (Wildman–Crippen MR) is 114 cm³/mol. The lowest BCUT2D eigenvalue weighted by Crippen LogP contribution is -2.28. The van der Waals surface area contributed by atoms with Gasteiger partial charge in [0.25, 0.3) is 5.91 Å². The maximum atomic E-state index is 12.3. The van der Waals surface area contributed by atoms with E-state index in [0.29, 0.717) is 23.2 Å². The lowest BCUT2D eigenvalue weighted by atomic mass is 10.00. The predicted octanol–water partition coefficient (Wildman–Crippen LogP) is 4.45. The molecule has 0 saturated carbocycles. The van der Waals surface area contributed by atoms with Gasteiger partial charge in [-0.2, -0.15) is 0 Å². The minimum atomic E-state index is -0.791.